The van der Waals surface area contributed by atoms with Crippen molar-refractivity contribution in [3.8, 4) is 5.75 Å². The number of rotatable bonds is 3. The summed E-state index contributed by atoms with van der Waals surface area (Å²) in [7, 11) is 1.64. The minimum Gasteiger partial charge on any atom is -0.497 e. The average Bonchev–Trinajstić information content (AvgIpc) is 2.18. The summed E-state index contributed by atoms with van der Waals surface area (Å²) in [6.07, 6.45) is 5.22. The molecule has 0 aliphatic rings. The van der Waals surface area contributed by atoms with E-state index in [1.807, 2.05) is 18.2 Å². The predicted octanol–water partition coefficient (Wildman–Crippen LogP) is 4.49. The Labute approximate surface area is 103 Å². The molecule has 0 amide bonds. The molecule has 0 radical (unpaired) electrons. The molecule has 0 atom stereocenters. The molecule has 0 fully saturated rings. The Hall–Kier alpha value is -0.950. The smallest absolute Gasteiger partial charge is 0.120 e. The highest BCUT2D eigenvalue weighted by Crippen LogP contribution is 2.23. The summed E-state index contributed by atoms with van der Waals surface area (Å²) in [5, 5.41) is 0.762. The molecular weight excluding hydrogens is 220 g/mol. The first-order valence-corrected chi connectivity index (χ1v) is 5.80. The fraction of sp³-hybridized carbons (Fsp3) is 0.429. The summed E-state index contributed by atoms with van der Waals surface area (Å²) in [4.78, 5) is 0. The fourth-order valence-electron chi connectivity index (χ4n) is 1.36. The van der Waals surface area contributed by atoms with Gasteiger partial charge in [0.15, 0.2) is 0 Å². The van der Waals surface area contributed by atoms with Gasteiger partial charge in [0.2, 0.25) is 0 Å². The number of halogens is 1. The van der Waals surface area contributed by atoms with Crippen LogP contribution in [0, 0.1) is 5.41 Å². The van der Waals surface area contributed by atoms with Gasteiger partial charge in [0.1, 0.15) is 5.75 Å². The maximum Gasteiger partial charge on any atom is 0.120 e. The summed E-state index contributed by atoms with van der Waals surface area (Å²) >= 11 is 6.14. The average molecular weight is 239 g/mol. The number of methoxy groups -OCH3 is 1. The molecule has 0 bridgehead atoms. The van der Waals surface area contributed by atoms with E-state index in [0.717, 1.165) is 22.8 Å². The summed E-state index contributed by atoms with van der Waals surface area (Å²) in [6, 6.07) is 5.79. The number of allylic oxidation sites excluding steroid dienone is 2. The van der Waals surface area contributed by atoms with E-state index in [1.165, 1.54) is 0 Å². The number of ether oxygens (including phenoxy) is 1. The number of benzene rings is 1. The molecule has 0 aliphatic carbocycles. The van der Waals surface area contributed by atoms with Gasteiger partial charge in [-0.3, -0.25) is 0 Å². The Bertz CT molecular complexity index is 375. The van der Waals surface area contributed by atoms with E-state index in [4.69, 9.17) is 16.3 Å². The third kappa shape index (κ3) is 4.28. The van der Waals surface area contributed by atoms with E-state index in [9.17, 15) is 0 Å². The van der Waals surface area contributed by atoms with Gasteiger partial charge in [0, 0.05) is 5.02 Å². The molecular formula is C14H19ClO. The molecule has 1 rings (SSSR count). The number of hydrogen-bond donors (Lipinski definition) is 0. The molecule has 1 aromatic carbocycles. The second-order valence-electron chi connectivity index (χ2n) is 4.93. The van der Waals surface area contributed by atoms with Crippen molar-refractivity contribution in [2.75, 3.05) is 7.11 Å². The molecule has 0 unspecified atom stereocenters. The molecule has 0 spiro atoms. The van der Waals surface area contributed by atoms with Crippen LogP contribution in [0.5, 0.6) is 5.75 Å². The van der Waals surface area contributed by atoms with Crippen LogP contribution in [0.3, 0.4) is 0 Å². The lowest BCUT2D eigenvalue weighted by molar-refractivity contribution is 0.414. The monoisotopic (exact) mass is 238 g/mol. The molecule has 2 heteroatoms. The quantitative estimate of drug-likeness (QED) is 0.705. The van der Waals surface area contributed by atoms with Crippen LogP contribution < -0.4 is 4.74 Å². The first kappa shape index (κ1) is 13.1. The van der Waals surface area contributed by atoms with Crippen molar-refractivity contribution in [1.82, 2.24) is 0 Å². The second-order valence-corrected chi connectivity index (χ2v) is 5.34. The minimum atomic E-state index is 0.221. The molecule has 0 aliphatic heterocycles. The molecule has 1 nitrogen and oxygen atoms in total. The molecule has 0 heterocycles. The maximum absolute atomic E-state index is 6.14. The highest BCUT2D eigenvalue weighted by molar-refractivity contribution is 6.31. The zero-order valence-electron chi connectivity index (χ0n) is 10.4. The van der Waals surface area contributed by atoms with Gasteiger partial charge in [-0.2, -0.15) is 0 Å². The highest BCUT2D eigenvalue weighted by atomic mass is 35.5. The molecule has 0 aromatic heterocycles. The normalized spacial score (nSPS) is 12.1. The van der Waals surface area contributed by atoms with Crippen LogP contribution in [-0.4, -0.2) is 7.11 Å². The molecule has 16 heavy (non-hydrogen) atoms. The largest absolute Gasteiger partial charge is 0.497 e. The molecule has 0 saturated carbocycles. The summed E-state index contributed by atoms with van der Waals surface area (Å²) < 4.78 is 5.11. The van der Waals surface area contributed by atoms with Gasteiger partial charge < -0.3 is 4.74 Å². The van der Waals surface area contributed by atoms with E-state index in [2.05, 4.69) is 32.9 Å². The molecule has 1 aromatic rings. The van der Waals surface area contributed by atoms with Crippen LogP contribution in [-0.2, 0) is 6.42 Å². The Morgan fingerprint density at radius 3 is 2.50 bits per heavy atom. The summed E-state index contributed by atoms with van der Waals surface area (Å²) in [5.74, 6) is 0.800. The van der Waals surface area contributed by atoms with Crippen LogP contribution in [0.1, 0.15) is 26.3 Å². The van der Waals surface area contributed by atoms with E-state index in [-0.39, 0.29) is 5.41 Å². The first-order valence-electron chi connectivity index (χ1n) is 5.42. The molecule has 0 saturated heterocycles. The Kier molecular flexibility index (Phi) is 4.43. The van der Waals surface area contributed by atoms with Crippen molar-refractivity contribution in [2.24, 2.45) is 5.41 Å². The SMILES string of the molecule is COc1ccc(CC=CC(C)(C)C)c(Cl)c1. The van der Waals surface area contributed by atoms with Crippen molar-refractivity contribution < 1.29 is 4.74 Å². The van der Waals surface area contributed by atoms with Crippen molar-refractivity contribution in [1.29, 1.82) is 0 Å². The predicted molar refractivity (Wildman–Crippen MR) is 70.3 cm³/mol. The Balaban J connectivity index is 2.72. The van der Waals surface area contributed by atoms with E-state index in [0.29, 0.717) is 0 Å². The first-order chi connectivity index (χ1) is 7.42. The lowest BCUT2D eigenvalue weighted by atomic mass is 9.95. The third-order valence-corrected chi connectivity index (χ3v) is 2.57. The third-order valence-electron chi connectivity index (χ3n) is 2.22. The van der Waals surface area contributed by atoms with Crippen molar-refractivity contribution in [2.45, 2.75) is 27.2 Å². The van der Waals surface area contributed by atoms with Crippen molar-refractivity contribution in [3.05, 3.63) is 40.9 Å². The summed E-state index contributed by atoms with van der Waals surface area (Å²) in [5.41, 5.74) is 1.35. The van der Waals surface area contributed by atoms with Gasteiger partial charge in [-0.25, -0.2) is 0 Å². The lowest BCUT2D eigenvalue weighted by Crippen LogP contribution is -1.98. The molecule has 0 N–H and O–H groups in total. The zero-order valence-corrected chi connectivity index (χ0v) is 11.1. The molecule has 88 valence electrons. The van der Waals surface area contributed by atoms with Crippen molar-refractivity contribution in [3.63, 3.8) is 0 Å². The van der Waals surface area contributed by atoms with Gasteiger partial charge in [-0.1, -0.05) is 50.6 Å². The lowest BCUT2D eigenvalue weighted by Gasteiger charge is -2.11. The van der Waals surface area contributed by atoms with Gasteiger partial charge in [-0.05, 0) is 29.5 Å². The maximum atomic E-state index is 6.14. The minimum absolute atomic E-state index is 0.221. The summed E-state index contributed by atoms with van der Waals surface area (Å²) in [6.45, 7) is 6.54. The van der Waals surface area contributed by atoms with Crippen molar-refractivity contribution >= 4 is 11.6 Å². The Morgan fingerprint density at radius 1 is 1.31 bits per heavy atom. The highest BCUT2D eigenvalue weighted by Gasteiger charge is 2.04. The number of hydrogen-bond acceptors (Lipinski definition) is 1. The Morgan fingerprint density at radius 2 is 2.00 bits per heavy atom. The van der Waals surface area contributed by atoms with Gasteiger partial charge in [-0.15, -0.1) is 0 Å². The van der Waals surface area contributed by atoms with E-state index in [1.54, 1.807) is 7.11 Å². The van der Waals surface area contributed by atoms with Crippen LogP contribution in [0.15, 0.2) is 30.4 Å². The van der Waals surface area contributed by atoms with Crippen LogP contribution in [0.4, 0.5) is 0 Å². The van der Waals surface area contributed by atoms with Crippen LogP contribution in [0.2, 0.25) is 5.02 Å². The van der Waals surface area contributed by atoms with Crippen LogP contribution >= 0.6 is 11.6 Å². The zero-order chi connectivity index (χ0) is 12.2. The van der Waals surface area contributed by atoms with E-state index >= 15 is 0 Å². The van der Waals surface area contributed by atoms with Gasteiger partial charge >= 0.3 is 0 Å². The topological polar surface area (TPSA) is 9.23 Å². The van der Waals surface area contributed by atoms with Gasteiger partial charge in [0.25, 0.3) is 0 Å². The van der Waals surface area contributed by atoms with Crippen LogP contribution in [0.25, 0.3) is 0 Å². The van der Waals surface area contributed by atoms with E-state index < -0.39 is 0 Å². The van der Waals surface area contributed by atoms with Gasteiger partial charge in [0.05, 0.1) is 7.11 Å². The second kappa shape index (κ2) is 5.40. The fourth-order valence-corrected chi connectivity index (χ4v) is 1.61. The standard InChI is InChI=1S/C14H19ClO/c1-14(2,3)9-5-6-11-7-8-12(16-4)10-13(11)15/h5,7-10H,6H2,1-4H3.